The molecule has 0 aliphatic carbocycles. The summed E-state index contributed by atoms with van der Waals surface area (Å²) < 4.78 is 54.5. The Labute approximate surface area is 170 Å². The largest absolute Gasteiger partial charge is 0.416 e. The third kappa shape index (κ3) is 6.04. The lowest BCUT2D eigenvalue weighted by molar-refractivity contribution is -0.198. The molecule has 1 aliphatic rings. The summed E-state index contributed by atoms with van der Waals surface area (Å²) in [5.41, 5.74) is 4.40. The van der Waals surface area contributed by atoms with E-state index in [9.17, 15) is 22.8 Å². The summed E-state index contributed by atoms with van der Waals surface area (Å²) in [6.07, 6.45) is -2.59. The van der Waals surface area contributed by atoms with Crippen LogP contribution >= 0.6 is 0 Å². The summed E-state index contributed by atoms with van der Waals surface area (Å²) in [7, 11) is 1.45. The third-order valence-corrected chi connectivity index (χ3v) is 3.95. The minimum atomic E-state index is -4.55. The van der Waals surface area contributed by atoms with E-state index < -0.39 is 29.5 Å². The van der Waals surface area contributed by atoms with Crippen molar-refractivity contribution >= 4 is 17.7 Å². The molecule has 0 spiro atoms. The molecule has 30 heavy (non-hydrogen) atoms. The number of hydrogen-bond acceptors (Lipinski definition) is 8. The van der Waals surface area contributed by atoms with E-state index >= 15 is 0 Å². The van der Waals surface area contributed by atoms with Crippen molar-refractivity contribution in [3.05, 3.63) is 47.5 Å². The molecule has 1 aliphatic heterocycles. The van der Waals surface area contributed by atoms with Crippen molar-refractivity contribution in [2.75, 3.05) is 26.9 Å². The minimum absolute atomic E-state index is 0.0293. The van der Waals surface area contributed by atoms with Crippen LogP contribution in [0, 0.1) is 0 Å². The van der Waals surface area contributed by atoms with Gasteiger partial charge in [0.15, 0.2) is 5.71 Å². The van der Waals surface area contributed by atoms with E-state index in [1.165, 1.54) is 7.11 Å². The van der Waals surface area contributed by atoms with E-state index in [2.05, 4.69) is 5.16 Å². The van der Waals surface area contributed by atoms with Crippen molar-refractivity contribution < 1.29 is 41.8 Å². The van der Waals surface area contributed by atoms with E-state index in [4.69, 9.17) is 24.8 Å². The average molecular weight is 430 g/mol. The summed E-state index contributed by atoms with van der Waals surface area (Å²) >= 11 is 0. The smallest absolute Gasteiger partial charge is 0.413 e. The fraction of sp³-hybridized carbons (Fsp3) is 0.421. The molecule has 0 radical (unpaired) electrons. The molecule has 0 fully saturated rings. The SMILES string of the molecule is COCCCC1(/C(=N/OCCN)c2ccc(C(F)(F)F)cc2)OC(=O)C=CC(=O)O1. The molecule has 2 rings (SSSR count). The van der Waals surface area contributed by atoms with Crippen LogP contribution in [-0.4, -0.2) is 50.3 Å². The van der Waals surface area contributed by atoms with Crippen LogP contribution < -0.4 is 5.73 Å². The van der Waals surface area contributed by atoms with E-state index in [0.29, 0.717) is 0 Å². The van der Waals surface area contributed by atoms with Gasteiger partial charge in [-0.2, -0.15) is 13.2 Å². The molecule has 11 heteroatoms. The number of halogens is 3. The van der Waals surface area contributed by atoms with E-state index in [-0.39, 0.29) is 43.9 Å². The predicted octanol–water partition coefficient (Wildman–Crippen LogP) is 2.16. The number of esters is 2. The average Bonchev–Trinajstić information content (AvgIpc) is 2.83. The molecule has 0 saturated carbocycles. The number of alkyl halides is 3. The van der Waals surface area contributed by atoms with Crippen LogP contribution in [0.3, 0.4) is 0 Å². The van der Waals surface area contributed by atoms with Crippen LogP contribution in [-0.2, 0) is 34.8 Å². The summed E-state index contributed by atoms with van der Waals surface area (Å²) in [5, 5.41) is 3.89. The van der Waals surface area contributed by atoms with Gasteiger partial charge < -0.3 is 24.8 Å². The molecular formula is C19H21F3N2O6. The number of oxime groups is 1. The van der Waals surface area contributed by atoms with Gasteiger partial charge in [-0.05, 0) is 18.6 Å². The van der Waals surface area contributed by atoms with Gasteiger partial charge in [0.2, 0.25) is 0 Å². The Bertz CT molecular complexity index is 785. The maximum atomic E-state index is 12.9. The molecule has 1 aromatic carbocycles. The second-order valence-electron chi connectivity index (χ2n) is 6.16. The maximum Gasteiger partial charge on any atom is 0.416 e. The van der Waals surface area contributed by atoms with E-state index in [0.717, 1.165) is 36.4 Å². The number of carbonyl (C=O) groups is 2. The minimum Gasteiger partial charge on any atom is -0.413 e. The normalized spacial score (nSPS) is 16.6. The fourth-order valence-electron chi connectivity index (χ4n) is 2.64. The number of nitrogens with two attached hydrogens (primary N) is 1. The number of ether oxygens (including phenoxy) is 3. The molecule has 0 unspecified atom stereocenters. The highest BCUT2D eigenvalue weighted by atomic mass is 19.4. The Morgan fingerprint density at radius 2 is 1.70 bits per heavy atom. The Hall–Kier alpha value is -2.92. The van der Waals surface area contributed by atoms with Gasteiger partial charge >= 0.3 is 23.9 Å². The Kier molecular flexibility index (Phi) is 7.95. The quantitative estimate of drug-likeness (QED) is 0.277. The van der Waals surface area contributed by atoms with Crippen LogP contribution in [0.15, 0.2) is 41.6 Å². The van der Waals surface area contributed by atoms with Crippen molar-refractivity contribution in [3.63, 3.8) is 0 Å². The molecule has 8 nitrogen and oxygen atoms in total. The molecule has 0 saturated heterocycles. The molecule has 1 heterocycles. The summed E-state index contributed by atoms with van der Waals surface area (Å²) in [6, 6.07) is 3.89. The molecule has 0 atom stereocenters. The second kappa shape index (κ2) is 10.2. The predicted molar refractivity (Wildman–Crippen MR) is 98.2 cm³/mol. The van der Waals surface area contributed by atoms with Crippen LogP contribution in [0.2, 0.25) is 0 Å². The standard InChI is InChI=1S/C19H21F3N2O6/c1-27-11-2-9-18(29-15(25)7-8-16(26)30-18)17(24-28-12-10-23)13-3-5-14(6-4-13)19(20,21)22/h3-8H,2,9-12,23H2,1H3/b24-17+. The number of benzene rings is 1. The molecule has 0 bridgehead atoms. The zero-order chi connectivity index (χ0) is 22.2. The highest BCUT2D eigenvalue weighted by Crippen LogP contribution is 2.32. The summed E-state index contributed by atoms with van der Waals surface area (Å²) in [5.74, 6) is -3.82. The monoisotopic (exact) mass is 430 g/mol. The van der Waals surface area contributed by atoms with E-state index in [1.807, 2.05) is 0 Å². The van der Waals surface area contributed by atoms with Crippen molar-refractivity contribution in [1.82, 2.24) is 0 Å². The van der Waals surface area contributed by atoms with Crippen LogP contribution in [0.25, 0.3) is 0 Å². The van der Waals surface area contributed by atoms with Gasteiger partial charge in [0.25, 0.3) is 0 Å². The molecule has 0 amide bonds. The van der Waals surface area contributed by atoms with Gasteiger partial charge in [-0.1, -0.05) is 17.3 Å². The number of carbonyl (C=O) groups excluding carboxylic acids is 2. The lowest BCUT2D eigenvalue weighted by atomic mass is 9.96. The van der Waals surface area contributed by atoms with Gasteiger partial charge in [0, 0.05) is 44.4 Å². The Morgan fingerprint density at radius 1 is 1.10 bits per heavy atom. The molecule has 164 valence electrons. The third-order valence-electron chi connectivity index (χ3n) is 3.95. The van der Waals surface area contributed by atoms with Crippen LogP contribution in [0.4, 0.5) is 13.2 Å². The molecule has 1 aromatic rings. The van der Waals surface area contributed by atoms with E-state index in [1.54, 1.807) is 0 Å². The van der Waals surface area contributed by atoms with Gasteiger partial charge in [-0.25, -0.2) is 9.59 Å². The Morgan fingerprint density at radius 3 is 2.20 bits per heavy atom. The van der Waals surface area contributed by atoms with Crippen molar-refractivity contribution in [3.8, 4) is 0 Å². The second-order valence-corrected chi connectivity index (χ2v) is 6.16. The zero-order valence-electron chi connectivity index (χ0n) is 16.1. The van der Waals surface area contributed by atoms with Crippen LogP contribution in [0.5, 0.6) is 0 Å². The first-order chi connectivity index (χ1) is 14.2. The highest BCUT2D eigenvalue weighted by molar-refractivity contribution is 6.09. The lowest BCUT2D eigenvalue weighted by Gasteiger charge is -2.32. The summed E-state index contributed by atoms with van der Waals surface area (Å²) in [6.45, 7) is 0.300. The molecule has 2 N–H and O–H groups in total. The maximum absolute atomic E-state index is 12.9. The van der Waals surface area contributed by atoms with Gasteiger partial charge in [-0.15, -0.1) is 0 Å². The number of nitrogens with zero attached hydrogens (tertiary/aromatic N) is 1. The number of methoxy groups -OCH3 is 1. The van der Waals surface area contributed by atoms with Crippen molar-refractivity contribution in [2.45, 2.75) is 24.8 Å². The van der Waals surface area contributed by atoms with Crippen molar-refractivity contribution in [2.24, 2.45) is 10.9 Å². The number of rotatable bonds is 9. The molecule has 0 aromatic heterocycles. The summed E-state index contributed by atoms with van der Waals surface area (Å²) in [4.78, 5) is 29.3. The van der Waals surface area contributed by atoms with Crippen molar-refractivity contribution in [1.29, 1.82) is 0 Å². The van der Waals surface area contributed by atoms with Gasteiger partial charge in [-0.3, -0.25) is 0 Å². The fourth-order valence-corrected chi connectivity index (χ4v) is 2.64. The molecular weight excluding hydrogens is 409 g/mol. The lowest BCUT2D eigenvalue weighted by Crippen LogP contribution is -2.47. The first kappa shape index (κ1) is 23.4. The van der Waals surface area contributed by atoms with Gasteiger partial charge in [0.05, 0.1) is 5.56 Å². The topological polar surface area (TPSA) is 109 Å². The van der Waals surface area contributed by atoms with Crippen LogP contribution in [0.1, 0.15) is 24.0 Å². The van der Waals surface area contributed by atoms with Gasteiger partial charge in [0.1, 0.15) is 6.61 Å². The highest BCUT2D eigenvalue weighted by Gasteiger charge is 2.46. The zero-order valence-corrected chi connectivity index (χ0v) is 16.1. The first-order valence-corrected chi connectivity index (χ1v) is 8.93. The number of cyclic esters (lactones) is 2. The first-order valence-electron chi connectivity index (χ1n) is 8.93. The Balaban J connectivity index is 2.54. The number of hydrogen-bond donors (Lipinski definition) is 1.